The molecule has 218 valence electrons. The van der Waals surface area contributed by atoms with Crippen molar-refractivity contribution in [1.82, 2.24) is 9.62 Å². The topological polar surface area (TPSA) is 107 Å². The summed E-state index contributed by atoms with van der Waals surface area (Å²) >= 11 is 0. The fourth-order valence-corrected chi connectivity index (χ4v) is 5.41. The standard InChI is InChI=1S/C27H36F4N2O5S/c1-26(2,12-6-9-19-7-4-10-22(28)14-19)32-17-23(34)18-33(3)39(37,38)24-15-20(8-5-11-25(35)36)13-21(16-24)27(29,30)31/h4,7,10,13-16,23,32,34H,5-6,8-9,11-12,17-18H2,1-3H3,(H,35,36). The second kappa shape index (κ2) is 13.7. The van der Waals surface area contributed by atoms with Crippen LogP contribution in [0.4, 0.5) is 17.6 Å². The molecule has 3 N–H and O–H groups in total. The maximum Gasteiger partial charge on any atom is 0.416 e. The SMILES string of the molecule is CN(CC(O)CNC(C)(C)CCCc1cccc(F)c1)S(=O)(=O)c1cc(CCCC(=O)O)cc(C(F)(F)F)c1. The summed E-state index contributed by atoms with van der Waals surface area (Å²) in [6.07, 6.45) is -4.09. The van der Waals surface area contributed by atoms with E-state index in [0.29, 0.717) is 18.9 Å². The molecule has 0 spiro atoms. The van der Waals surface area contributed by atoms with E-state index in [1.54, 1.807) is 6.07 Å². The summed E-state index contributed by atoms with van der Waals surface area (Å²) in [4.78, 5) is 10.2. The Morgan fingerprint density at radius 3 is 2.33 bits per heavy atom. The number of halogens is 4. The Kier molecular flexibility index (Phi) is 11.5. The van der Waals surface area contributed by atoms with Crippen molar-refractivity contribution in [3.05, 3.63) is 65.0 Å². The van der Waals surface area contributed by atoms with Gasteiger partial charge in [-0.3, -0.25) is 4.79 Å². The van der Waals surface area contributed by atoms with Crippen LogP contribution >= 0.6 is 0 Å². The van der Waals surface area contributed by atoms with Gasteiger partial charge >= 0.3 is 12.1 Å². The lowest BCUT2D eigenvalue weighted by atomic mass is 9.95. The first-order valence-electron chi connectivity index (χ1n) is 12.6. The number of sulfonamides is 1. The first-order chi connectivity index (χ1) is 18.0. The number of β-amino-alcohol motifs (C(OH)–C–C–N with tert-alkyl or cyclic N) is 1. The zero-order valence-electron chi connectivity index (χ0n) is 22.3. The van der Waals surface area contributed by atoms with Crippen molar-refractivity contribution in [2.75, 3.05) is 20.1 Å². The molecule has 1 unspecified atom stereocenters. The average Bonchev–Trinajstić information content (AvgIpc) is 2.82. The average molecular weight is 577 g/mol. The lowest BCUT2D eigenvalue weighted by Gasteiger charge is -2.29. The predicted molar refractivity (Wildman–Crippen MR) is 139 cm³/mol. The molecule has 0 saturated heterocycles. The number of nitrogens with one attached hydrogen (secondary N) is 1. The van der Waals surface area contributed by atoms with Gasteiger partial charge in [-0.15, -0.1) is 0 Å². The van der Waals surface area contributed by atoms with E-state index < -0.39 is 44.3 Å². The second-order valence-electron chi connectivity index (χ2n) is 10.3. The number of rotatable bonds is 15. The Morgan fingerprint density at radius 2 is 1.72 bits per heavy atom. The molecule has 0 aliphatic carbocycles. The Morgan fingerprint density at radius 1 is 1.05 bits per heavy atom. The van der Waals surface area contributed by atoms with E-state index in [9.17, 15) is 35.9 Å². The fraction of sp³-hybridized carbons (Fsp3) is 0.519. The van der Waals surface area contributed by atoms with E-state index in [0.717, 1.165) is 28.4 Å². The van der Waals surface area contributed by atoms with Gasteiger partial charge in [0, 0.05) is 32.1 Å². The van der Waals surface area contributed by atoms with Crippen molar-refractivity contribution in [2.45, 2.75) is 75.1 Å². The molecule has 0 fully saturated rings. The highest BCUT2D eigenvalue weighted by Gasteiger charge is 2.34. The van der Waals surface area contributed by atoms with Crippen LogP contribution in [-0.2, 0) is 33.8 Å². The Bertz CT molecular complexity index is 1220. The van der Waals surface area contributed by atoms with Gasteiger partial charge in [0.2, 0.25) is 10.0 Å². The predicted octanol–water partition coefficient (Wildman–Crippen LogP) is 4.62. The minimum Gasteiger partial charge on any atom is -0.481 e. The van der Waals surface area contributed by atoms with Crippen LogP contribution < -0.4 is 5.32 Å². The molecule has 2 aromatic rings. The van der Waals surface area contributed by atoms with Crippen LogP contribution in [0, 0.1) is 5.82 Å². The number of carboxylic acids is 1. The largest absolute Gasteiger partial charge is 0.481 e. The van der Waals surface area contributed by atoms with E-state index in [2.05, 4.69) is 5.32 Å². The summed E-state index contributed by atoms with van der Waals surface area (Å²) in [5.41, 5.74) is -0.639. The summed E-state index contributed by atoms with van der Waals surface area (Å²) in [6.45, 7) is 3.51. The highest BCUT2D eigenvalue weighted by atomic mass is 32.2. The zero-order chi connectivity index (χ0) is 29.4. The number of hydrogen-bond acceptors (Lipinski definition) is 5. The van der Waals surface area contributed by atoms with Gasteiger partial charge in [0.15, 0.2) is 0 Å². The molecule has 0 aromatic heterocycles. The second-order valence-corrected chi connectivity index (χ2v) is 12.3. The summed E-state index contributed by atoms with van der Waals surface area (Å²) in [7, 11) is -3.21. The molecular weight excluding hydrogens is 540 g/mol. The van der Waals surface area contributed by atoms with Crippen molar-refractivity contribution in [3.8, 4) is 0 Å². The molecule has 0 aliphatic heterocycles. The summed E-state index contributed by atoms with van der Waals surface area (Å²) in [5, 5.41) is 22.5. The molecule has 0 amide bonds. The maximum absolute atomic E-state index is 13.4. The number of aliphatic carboxylic acids is 1. The van der Waals surface area contributed by atoms with Crippen LogP contribution in [0.1, 0.15) is 56.2 Å². The monoisotopic (exact) mass is 576 g/mol. The van der Waals surface area contributed by atoms with E-state index in [1.165, 1.54) is 19.2 Å². The minimum absolute atomic E-state index is 0.0376. The molecule has 0 radical (unpaired) electrons. The molecule has 1 atom stereocenters. The van der Waals surface area contributed by atoms with Gasteiger partial charge in [0.25, 0.3) is 0 Å². The van der Waals surface area contributed by atoms with E-state index in [-0.39, 0.29) is 43.7 Å². The van der Waals surface area contributed by atoms with Gasteiger partial charge in [-0.1, -0.05) is 12.1 Å². The molecular formula is C27H36F4N2O5S. The number of aliphatic hydroxyl groups excluding tert-OH is 1. The summed E-state index contributed by atoms with van der Waals surface area (Å²) in [6, 6.07) is 8.80. The number of aliphatic hydroxyl groups is 1. The molecule has 0 heterocycles. The smallest absolute Gasteiger partial charge is 0.416 e. The molecule has 2 aromatic carbocycles. The quantitative estimate of drug-likeness (QED) is 0.267. The van der Waals surface area contributed by atoms with E-state index in [4.69, 9.17) is 5.11 Å². The number of likely N-dealkylation sites (N-methyl/N-ethyl adjacent to an activating group) is 1. The normalized spacial score (nSPS) is 13.6. The van der Waals surface area contributed by atoms with Crippen LogP contribution in [0.15, 0.2) is 47.4 Å². The number of aryl methyl sites for hydroxylation is 2. The molecule has 7 nitrogen and oxygen atoms in total. The van der Waals surface area contributed by atoms with Crippen LogP contribution in [0.25, 0.3) is 0 Å². The number of hydrogen-bond donors (Lipinski definition) is 3. The highest BCUT2D eigenvalue weighted by molar-refractivity contribution is 7.89. The van der Waals surface area contributed by atoms with Crippen molar-refractivity contribution in [3.63, 3.8) is 0 Å². The van der Waals surface area contributed by atoms with Crippen LogP contribution in [0.5, 0.6) is 0 Å². The van der Waals surface area contributed by atoms with Crippen molar-refractivity contribution in [2.24, 2.45) is 0 Å². The lowest BCUT2D eigenvalue weighted by molar-refractivity contribution is -0.138. The maximum atomic E-state index is 13.4. The van der Waals surface area contributed by atoms with Crippen molar-refractivity contribution in [1.29, 1.82) is 0 Å². The van der Waals surface area contributed by atoms with Crippen LogP contribution in [-0.4, -0.2) is 60.7 Å². The van der Waals surface area contributed by atoms with Crippen molar-refractivity contribution >= 4 is 16.0 Å². The molecule has 39 heavy (non-hydrogen) atoms. The van der Waals surface area contributed by atoms with Gasteiger partial charge in [0.05, 0.1) is 16.6 Å². The molecule has 0 bridgehead atoms. The number of carboxylic acid groups (broad SMARTS) is 1. The Hall–Kier alpha value is -2.54. The van der Waals surface area contributed by atoms with E-state index >= 15 is 0 Å². The van der Waals surface area contributed by atoms with Crippen molar-refractivity contribution < 1.29 is 41.0 Å². The highest BCUT2D eigenvalue weighted by Crippen LogP contribution is 2.33. The number of alkyl halides is 3. The van der Waals surface area contributed by atoms with Gasteiger partial charge < -0.3 is 15.5 Å². The zero-order valence-corrected chi connectivity index (χ0v) is 23.1. The van der Waals surface area contributed by atoms with Gasteiger partial charge in [-0.25, -0.2) is 12.8 Å². The molecule has 0 saturated carbocycles. The third kappa shape index (κ3) is 10.9. The first-order valence-corrected chi connectivity index (χ1v) is 14.0. The summed E-state index contributed by atoms with van der Waals surface area (Å²) < 4.78 is 80.7. The third-order valence-electron chi connectivity index (χ3n) is 6.30. The Labute approximate surface area is 226 Å². The Balaban J connectivity index is 2.01. The third-order valence-corrected chi connectivity index (χ3v) is 8.10. The molecule has 0 aliphatic rings. The van der Waals surface area contributed by atoms with E-state index in [1.807, 2.05) is 19.9 Å². The molecule has 2 rings (SSSR count). The fourth-order valence-electron chi connectivity index (χ4n) is 4.11. The van der Waals surface area contributed by atoms with Gasteiger partial charge in [-0.2, -0.15) is 17.5 Å². The lowest BCUT2D eigenvalue weighted by Crippen LogP contribution is -2.46. The minimum atomic E-state index is -4.80. The number of nitrogens with zero attached hydrogens (tertiary/aromatic N) is 1. The summed E-state index contributed by atoms with van der Waals surface area (Å²) in [5.74, 6) is -1.40. The van der Waals surface area contributed by atoms with Crippen LogP contribution in [0.3, 0.4) is 0 Å². The van der Waals surface area contributed by atoms with Crippen LogP contribution in [0.2, 0.25) is 0 Å². The number of carbonyl (C=O) groups is 1. The first kappa shape index (κ1) is 32.7. The number of benzene rings is 2. The molecule has 12 heteroatoms. The van der Waals surface area contributed by atoms with Gasteiger partial charge in [-0.05, 0) is 87.4 Å². The van der Waals surface area contributed by atoms with Gasteiger partial charge in [0.1, 0.15) is 5.82 Å².